The summed E-state index contributed by atoms with van der Waals surface area (Å²) in [7, 11) is -3.46. The van der Waals surface area contributed by atoms with Crippen LogP contribution in [0.4, 0.5) is 0 Å². The lowest BCUT2D eigenvalue weighted by Gasteiger charge is -2.26. The van der Waals surface area contributed by atoms with E-state index in [0.29, 0.717) is 16.4 Å². The highest BCUT2D eigenvalue weighted by Crippen LogP contribution is 2.17. The fraction of sp³-hybridized carbons (Fsp3) is 0.176. The van der Waals surface area contributed by atoms with Gasteiger partial charge in [0.2, 0.25) is 0 Å². The van der Waals surface area contributed by atoms with Gasteiger partial charge in [0, 0.05) is 25.0 Å². The van der Waals surface area contributed by atoms with E-state index in [-0.39, 0.29) is 35.9 Å². The number of fused-ring (bicyclic) bond motifs is 2. The number of hydrogen-bond acceptors (Lipinski definition) is 7. The van der Waals surface area contributed by atoms with Gasteiger partial charge in [0.15, 0.2) is 0 Å². The van der Waals surface area contributed by atoms with Crippen LogP contribution in [0.3, 0.4) is 0 Å². The molecule has 9 nitrogen and oxygen atoms in total. The maximum Gasteiger partial charge on any atom is 0.340 e. The molecule has 0 bridgehead atoms. The Labute approximate surface area is 164 Å². The fourth-order valence-corrected chi connectivity index (χ4v) is 3.87. The molecule has 11 heteroatoms. The largest absolute Gasteiger partial charge is 0.456 e. The quantitative estimate of drug-likeness (QED) is 0.678. The lowest BCUT2D eigenvalue weighted by atomic mass is 10.2. The normalized spacial score (nSPS) is 17.7. The second-order valence-corrected chi connectivity index (χ2v) is 8.28. The van der Waals surface area contributed by atoms with E-state index in [1.165, 1.54) is 35.0 Å². The van der Waals surface area contributed by atoms with Gasteiger partial charge in [-0.15, -0.1) is 4.40 Å². The van der Waals surface area contributed by atoms with Crippen LogP contribution < -0.4 is 5.56 Å². The SMILES string of the molecule is O=C(OCc1cc(=O)n2cc(Cl)ccc2n1)C1=CN2CCS(=O)(=O)N=C2C=C1. The molecule has 144 valence electrons. The van der Waals surface area contributed by atoms with E-state index in [0.717, 1.165) is 0 Å². The minimum absolute atomic E-state index is 0.127. The first-order valence-corrected chi connectivity index (χ1v) is 10.1. The van der Waals surface area contributed by atoms with Gasteiger partial charge < -0.3 is 9.64 Å². The van der Waals surface area contributed by atoms with Gasteiger partial charge in [-0.1, -0.05) is 11.6 Å². The number of esters is 1. The summed E-state index contributed by atoms with van der Waals surface area (Å²) in [6.07, 6.45) is 5.82. The summed E-state index contributed by atoms with van der Waals surface area (Å²) >= 11 is 5.87. The molecule has 2 aliphatic heterocycles. The van der Waals surface area contributed by atoms with Crippen molar-refractivity contribution in [3.05, 3.63) is 69.4 Å². The van der Waals surface area contributed by atoms with E-state index in [1.807, 2.05) is 0 Å². The number of pyridine rings is 1. The van der Waals surface area contributed by atoms with Crippen molar-refractivity contribution >= 4 is 39.1 Å². The van der Waals surface area contributed by atoms with Crippen LogP contribution in [0.2, 0.25) is 5.02 Å². The summed E-state index contributed by atoms with van der Waals surface area (Å²) in [4.78, 5) is 30.3. The van der Waals surface area contributed by atoms with E-state index in [1.54, 1.807) is 17.0 Å². The molecule has 0 radical (unpaired) electrons. The van der Waals surface area contributed by atoms with E-state index >= 15 is 0 Å². The molecular formula is C17H13ClN4O5S. The fourth-order valence-electron chi connectivity index (χ4n) is 2.74. The van der Waals surface area contributed by atoms with Crippen molar-refractivity contribution in [2.45, 2.75) is 6.61 Å². The zero-order valence-corrected chi connectivity index (χ0v) is 15.9. The molecule has 0 fully saturated rings. The van der Waals surface area contributed by atoms with E-state index in [9.17, 15) is 18.0 Å². The number of aromatic nitrogens is 2. The van der Waals surface area contributed by atoms with Gasteiger partial charge in [0.1, 0.15) is 18.1 Å². The number of carbonyl (C=O) groups is 1. The van der Waals surface area contributed by atoms with Crippen LogP contribution in [-0.2, 0) is 26.2 Å². The Morgan fingerprint density at radius 2 is 2.11 bits per heavy atom. The molecule has 0 aliphatic carbocycles. The number of hydrogen-bond donors (Lipinski definition) is 0. The topological polar surface area (TPSA) is 110 Å². The molecule has 0 N–H and O–H groups in total. The summed E-state index contributed by atoms with van der Waals surface area (Å²) in [6.45, 7) is 0.0154. The lowest BCUT2D eigenvalue weighted by Crippen LogP contribution is -2.37. The Morgan fingerprint density at radius 3 is 2.93 bits per heavy atom. The molecule has 0 atom stereocenters. The number of carbonyl (C=O) groups excluding carboxylic acids is 1. The maximum atomic E-state index is 12.3. The van der Waals surface area contributed by atoms with Gasteiger partial charge in [-0.2, -0.15) is 0 Å². The van der Waals surface area contributed by atoms with E-state index in [2.05, 4.69) is 9.38 Å². The standard InChI is InChI=1S/C17H13ClN4O5S/c18-12-2-4-14-19-13(7-16(23)22(14)9-12)10-27-17(24)11-1-3-15-20-28(25,26)6-5-21(15)8-11/h1-4,7-9H,5-6,10H2. The van der Waals surface area contributed by atoms with Crippen LogP contribution in [0.15, 0.2) is 57.5 Å². The summed E-state index contributed by atoms with van der Waals surface area (Å²) in [5, 5.41) is 0.403. The Morgan fingerprint density at radius 1 is 1.29 bits per heavy atom. The summed E-state index contributed by atoms with van der Waals surface area (Å²) in [5.41, 5.74) is 0.579. The molecule has 0 unspecified atom stereocenters. The third-order valence-corrected chi connectivity index (χ3v) is 5.47. The van der Waals surface area contributed by atoms with Gasteiger partial charge in [0.05, 0.1) is 22.0 Å². The van der Waals surface area contributed by atoms with E-state index in [4.69, 9.17) is 16.3 Å². The highest BCUT2D eigenvalue weighted by atomic mass is 35.5. The van der Waals surface area contributed by atoms with E-state index < -0.39 is 16.0 Å². The molecule has 0 amide bonds. The minimum atomic E-state index is -3.46. The van der Waals surface area contributed by atoms with Crippen LogP contribution in [0, 0.1) is 0 Å². The van der Waals surface area contributed by atoms with Crippen LogP contribution in [-0.4, -0.2) is 46.8 Å². The number of halogens is 1. The van der Waals surface area contributed by atoms with Crippen LogP contribution >= 0.6 is 11.6 Å². The predicted octanol–water partition coefficient (Wildman–Crippen LogP) is 0.889. The minimum Gasteiger partial charge on any atom is -0.456 e. The maximum absolute atomic E-state index is 12.3. The molecule has 2 aliphatic rings. The highest BCUT2D eigenvalue weighted by molar-refractivity contribution is 7.90. The van der Waals surface area contributed by atoms with Gasteiger partial charge in [-0.3, -0.25) is 9.20 Å². The average molecular weight is 421 g/mol. The zero-order valence-electron chi connectivity index (χ0n) is 14.3. The summed E-state index contributed by atoms with van der Waals surface area (Å²) in [6, 6.07) is 4.46. The third-order valence-electron chi connectivity index (χ3n) is 4.09. The first-order valence-electron chi connectivity index (χ1n) is 8.15. The predicted molar refractivity (Wildman–Crippen MR) is 101 cm³/mol. The highest BCUT2D eigenvalue weighted by Gasteiger charge is 2.25. The first kappa shape index (κ1) is 18.4. The van der Waals surface area contributed by atoms with Crippen LogP contribution in [0.5, 0.6) is 0 Å². The molecule has 0 saturated carbocycles. The Kier molecular flexibility index (Phi) is 4.52. The number of rotatable bonds is 3. The Hall–Kier alpha value is -2.98. The summed E-state index contributed by atoms with van der Waals surface area (Å²) < 4.78 is 33.2. The summed E-state index contributed by atoms with van der Waals surface area (Å²) in [5.74, 6) is -0.495. The number of amidine groups is 1. The van der Waals surface area contributed by atoms with Gasteiger partial charge in [-0.25, -0.2) is 18.2 Å². The molecule has 0 spiro atoms. The van der Waals surface area contributed by atoms with Gasteiger partial charge >= 0.3 is 5.97 Å². The monoisotopic (exact) mass is 420 g/mol. The first-order chi connectivity index (χ1) is 13.3. The average Bonchev–Trinajstić information content (AvgIpc) is 2.65. The van der Waals surface area contributed by atoms with Crippen molar-refractivity contribution in [2.24, 2.45) is 4.40 Å². The molecule has 2 aromatic heterocycles. The smallest absolute Gasteiger partial charge is 0.340 e. The zero-order chi connectivity index (χ0) is 19.9. The van der Waals surface area contributed by atoms with Crippen LogP contribution in [0.1, 0.15) is 5.69 Å². The van der Waals surface area contributed by atoms with Gasteiger partial charge in [0.25, 0.3) is 15.6 Å². The molecule has 28 heavy (non-hydrogen) atoms. The van der Waals surface area contributed by atoms with Gasteiger partial charge in [-0.05, 0) is 24.3 Å². The van der Waals surface area contributed by atoms with Crippen LogP contribution in [0.25, 0.3) is 5.65 Å². The molecule has 4 heterocycles. The van der Waals surface area contributed by atoms with Crippen molar-refractivity contribution in [2.75, 3.05) is 12.3 Å². The second kappa shape index (κ2) is 6.88. The molecule has 0 aromatic carbocycles. The molecule has 4 rings (SSSR count). The Bertz CT molecular complexity index is 1250. The lowest BCUT2D eigenvalue weighted by molar-refractivity contribution is -0.140. The second-order valence-electron chi connectivity index (χ2n) is 6.08. The number of ether oxygens (including phenoxy) is 1. The number of sulfonamides is 1. The van der Waals surface area contributed by atoms with Crippen molar-refractivity contribution < 1.29 is 17.9 Å². The molecule has 2 aromatic rings. The van der Waals surface area contributed by atoms with Crippen molar-refractivity contribution in [1.82, 2.24) is 14.3 Å². The third kappa shape index (κ3) is 3.69. The molecular weight excluding hydrogens is 408 g/mol. The number of nitrogens with zero attached hydrogens (tertiary/aromatic N) is 4. The Balaban J connectivity index is 1.49. The van der Waals surface area contributed by atoms with Crippen molar-refractivity contribution in [1.29, 1.82) is 0 Å². The van der Waals surface area contributed by atoms with Crippen molar-refractivity contribution in [3.8, 4) is 0 Å². The molecule has 0 saturated heterocycles. The van der Waals surface area contributed by atoms with Crippen molar-refractivity contribution in [3.63, 3.8) is 0 Å².